The van der Waals surface area contributed by atoms with Crippen LogP contribution in [0.2, 0.25) is 0 Å². The molecule has 0 amide bonds. The lowest BCUT2D eigenvalue weighted by Crippen LogP contribution is -1.93. The first-order valence-electron chi connectivity index (χ1n) is 6.78. The summed E-state index contributed by atoms with van der Waals surface area (Å²) in [5.74, 6) is -0.0812. The minimum absolute atomic E-state index is 0.0812. The molecule has 0 saturated carbocycles. The van der Waals surface area contributed by atoms with Crippen LogP contribution in [-0.4, -0.2) is 21.2 Å². The summed E-state index contributed by atoms with van der Waals surface area (Å²) in [6.07, 6.45) is 3.18. The molecule has 3 rings (SSSR count). The van der Waals surface area contributed by atoms with Crippen molar-refractivity contribution in [3.63, 3.8) is 0 Å². The second-order valence-corrected chi connectivity index (χ2v) is 6.60. The quantitative estimate of drug-likeness (QED) is 0.471. The van der Waals surface area contributed by atoms with E-state index in [2.05, 4.69) is 47.3 Å². The van der Waals surface area contributed by atoms with Crippen LogP contribution in [-0.2, 0) is 0 Å². The van der Waals surface area contributed by atoms with E-state index in [4.69, 9.17) is 0 Å². The van der Waals surface area contributed by atoms with Crippen LogP contribution >= 0.6 is 31.9 Å². The third kappa shape index (κ3) is 3.83. The topological polar surface area (TPSA) is 58.6 Å². The Balaban J connectivity index is 1.83. The molecule has 0 bridgehead atoms. The second kappa shape index (κ2) is 7.02. The summed E-state index contributed by atoms with van der Waals surface area (Å²) in [6.45, 7) is 0. The van der Waals surface area contributed by atoms with Gasteiger partial charge < -0.3 is 0 Å². The highest BCUT2D eigenvalue weighted by Crippen LogP contribution is 2.22. The van der Waals surface area contributed by atoms with E-state index in [-0.39, 0.29) is 5.78 Å². The Kier molecular flexibility index (Phi) is 4.83. The lowest BCUT2D eigenvalue weighted by atomic mass is 10.1. The van der Waals surface area contributed by atoms with Gasteiger partial charge in [0.05, 0.1) is 0 Å². The fourth-order valence-electron chi connectivity index (χ4n) is 2.04. The average molecular weight is 433 g/mol. The normalized spacial score (nSPS) is 11.0. The van der Waals surface area contributed by atoms with Gasteiger partial charge in [-0.25, -0.2) is 0 Å². The fourth-order valence-corrected chi connectivity index (χ4v) is 2.57. The van der Waals surface area contributed by atoms with E-state index in [9.17, 15) is 4.79 Å². The van der Waals surface area contributed by atoms with Crippen LogP contribution in [0.15, 0.2) is 63.6 Å². The molecule has 1 aromatic heterocycles. The number of carbonyl (C=O) groups excluding carboxylic acids is 1. The number of hydrogen-bond donors (Lipinski definition) is 1. The predicted molar refractivity (Wildman–Crippen MR) is 97.0 cm³/mol. The molecule has 4 nitrogen and oxygen atoms in total. The first-order valence-corrected chi connectivity index (χ1v) is 8.37. The first-order chi connectivity index (χ1) is 11.1. The molecule has 2 aromatic carbocycles. The summed E-state index contributed by atoms with van der Waals surface area (Å²) in [5.41, 5.74) is 2.88. The smallest absolute Gasteiger partial charge is 0.185 e. The lowest BCUT2D eigenvalue weighted by Gasteiger charge is -1.98. The molecule has 0 spiro atoms. The number of ketones is 1. The van der Waals surface area contributed by atoms with Gasteiger partial charge in [0, 0.05) is 20.1 Å². The minimum Gasteiger partial charge on any atom is -0.289 e. The van der Waals surface area contributed by atoms with Crippen LogP contribution in [0, 0.1) is 0 Å². The molecule has 0 aliphatic carbocycles. The van der Waals surface area contributed by atoms with Gasteiger partial charge in [0.1, 0.15) is 11.4 Å². The fraction of sp³-hybridized carbons (Fsp3) is 0. The molecule has 23 heavy (non-hydrogen) atoms. The highest BCUT2D eigenvalue weighted by molar-refractivity contribution is 9.10. The summed E-state index contributed by atoms with van der Waals surface area (Å²) in [4.78, 5) is 12.2. The molecule has 0 atom stereocenters. The van der Waals surface area contributed by atoms with Crippen molar-refractivity contribution in [3.05, 3.63) is 74.8 Å². The van der Waals surface area contributed by atoms with E-state index >= 15 is 0 Å². The van der Waals surface area contributed by atoms with Crippen molar-refractivity contribution in [3.8, 4) is 11.3 Å². The Labute approximate surface area is 149 Å². The molecule has 0 aliphatic heterocycles. The average Bonchev–Trinajstić information content (AvgIpc) is 3.02. The molecule has 1 N–H and O–H groups in total. The molecule has 6 heteroatoms. The summed E-state index contributed by atoms with van der Waals surface area (Å²) in [5, 5.41) is 10.9. The molecular weight excluding hydrogens is 422 g/mol. The van der Waals surface area contributed by atoms with E-state index in [1.54, 1.807) is 18.2 Å². The van der Waals surface area contributed by atoms with Crippen molar-refractivity contribution in [2.45, 2.75) is 0 Å². The van der Waals surface area contributed by atoms with Crippen molar-refractivity contribution in [2.75, 3.05) is 0 Å². The standard InChI is InChI=1S/C17H11Br2N3O/c18-13-5-1-11(2-6-13)16(23)10-9-15-17(21-22-20-15)12-3-7-14(19)8-4-12/h1-10H,(H,20,21,22)/b10-9+. The molecule has 3 aromatic rings. The van der Waals surface area contributed by atoms with Crippen molar-refractivity contribution in [1.29, 1.82) is 0 Å². The van der Waals surface area contributed by atoms with Gasteiger partial charge in [0.2, 0.25) is 0 Å². The maximum absolute atomic E-state index is 12.2. The van der Waals surface area contributed by atoms with E-state index in [1.165, 1.54) is 6.08 Å². The Morgan fingerprint density at radius 2 is 1.52 bits per heavy atom. The molecule has 0 saturated heterocycles. The predicted octanol–water partition coefficient (Wildman–Crippen LogP) is 4.89. The largest absolute Gasteiger partial charge is 0.289 e. The van der Waals surface area contributed by atoms with Gasteiger partial charge in [-0.05, 0) is 48.6 Å². The maximum Gasteiger partial charge on any atom is 0.185 e. The van der Waals surface area contributed by atoms with Crippen LogP contribution in [0.25, 0.3) is 17.3 Å². The SMILES string of the molecule is O=C(/C=C/c1n[nH]nc1-c1ccc(Br)cc1)c1ccc(Br)cc1. The zero-order valence-electron chi connectivity index (χ0n) is 11.8. The maximum atomic E-state index is 12.2. The lowest BCUT2D eigenvalue weighted by molar-refractivity contribution is 0.104. The van der Waals surface area contributed by atoms with Gasteiger partial charge in [-0.15, -0.1) is 0 Å². The molecule has 1 heterocycles. The number of halogens is 2. The number of rotatable bonds is 4. The van der Waals surface area contributed by atoms with Gasteiger partial charge in [-0.3, -0.25) is 4.79 Å². The van der Waals surface area contributed by atoms with Crippen LogP contribution in [0.5, 0.6) is 0 Å². The highest BCUT2D eigenvalue weighted by atomic mass is 79.9. The van der Waals surface area contributed by atoms with Gasteiger partial charge in [0.25, 0.3) is 0 Å². The number of hydrogen-bond acceptors (Lipinski definition) is 3. The van der Waals surface area contributed by atoms with E-state index in [0.717, 1.165) is 14.5 Å². The zero-order valence-corrected chi connectivity index (χ0v) is 15.0. The molecule has 0 unspecified atom stereocenters. The number of aromatic nitrogens is 3. The molecule has 0 aliphatic rings. The van der Waals surface area contributed by atoms with Crippen LogP contribution in [0.4, 0.5) is 0 Å². The third-order valence-corrected chi connectivity index (χ3v) is 4.27. The second-order valence-electron chi connectivity index (χ2n) is 4.77. The van der Waals surface area contributed by atoms with Crippen molar-refractivity contribution in [1.82, 2.24) is 15.4 Å². The van der Waals surface area contributed by atoms with Crippen LogP contribution < -0.4 is 0 Å². The highest BCUT2D eigenvalue weighted by Gasteiger charge is 2.08. The number of allylic oxidation sites excluding steroid dienone is 1. The monoisotopic (exact) mass is 431 g/mol. The Morgan fingerprint density at radius 3 is 2.17 bits per heavy atom. The Hall–Kier alpha value is -2.05. The number of aromatic amines is 1. The van der Waals surface area contributed by atoms with Crippen molar-refractivity contribution >= 4 is 43.7 Å². The summed E-state index contributed by atoms with van der Waals surface area (Å²) in [6, 6.07) is 15.0. The van der Waals surface area contributed by atoms with Crippen LogP contribution in [0.3, 0.4) is 0 Å². The number of H-pyrrole nitrogens is 1. The van der Waals surface area contributed by atoms with Gasteiger partial charge in [0.15, 0.2) is 5.78 Å². The van der Waals surface area contributed by atoms with E-state index in [1.807, 2.05) is 36.4 Å². The molecule has 0 fully saturated rings. The van der Waals surface area contributed by atoms with E-state index < -0.39 is 0 Å². The van der Waals surface area contributed by atoms with E-state index in [0.29, 0.717) is 17.0 Å². The van der Waals surface area contributed by atoms with Gasteiger partial charge >= 0.3 is 0 Å². The van der Waals surface area contributed by atoms with Gasteiger partial charge in [-0.1, -0.05) is 44.0 Å². The summed E-state index contributed by atoms with van der Waals surface area (Å²) >= 11 is 6.75. The first kappa shape index (κ1) is 15.8. The third-order valence-electron chi connectivity index (χ3n) is 3.21. The van der Waals surface area contributed by atoms with Crippen molar-refractivity contribution < 1.29 is 4.79 Å². The minimum atomic E-state index is -0.0812. The van der Waals surface area contributed by atoms with Crippen molar-refractivity contribution in [2.24, 2.45) is 0 Å². The Morgan fingerprint density at radius 1 is 0.913 bits per heavy atom. The number of nitrogens with zero attached hydrogens (tertiary/aromatic N) is 2. The number of carbonyl (C=O) groups is 1. The van der Waals surface area contributed by atoms with Gasteiger partial charge in [-0.2, -0.15) is 15.4 Å². The Bertz CT molecular complexity index is 852. The summed E-state index contributed by atoms with van der Waals surface area (Å²) in [7, 11) is 0. The van der Waals surface area contributed by atoms with Crippen LogP contribution in [0.1, 0.15) is 16.1 Å². The zero-order chi connectivity index (χ0) is 16.2. The molecule has 114 valence electrons. The number of nitrogens with one attached hydrogen (secondary N) is 1. The number of benzene rings is 2. The summed E-state index contributed by atoms with van der Waals surface area (Å²) < 4.78 is 1.93. The molecular formula is C17H11Br2N3O. The molecule has 0 radical (unpaired) electrons.